The van der Waals surface area contributed by atoms with Crippen molar-refractivity contribution in [1.82, 2.24) is 4.72 Å². The fraction of sp³-hybridized carbons (Fsp3) is 0.600. The zero-order chi connectivity index (χ0) is 18.0. The number of quaternary nitrogens is 1. The molecule has 1 saturated heterocycles. The van der Waals surface area contributed by atoms with Crippen molar-refractivity contribution in [3.8, 4) is 0 Å². The van der Waals surface area contributed by atoms with Gasteiger partial charge >= 0.3 is 6.18 Å². The van der Waals surface area contributed by atoms with Crippen LogP contribution in [0.25, 0.3) is 0 Å². The van der Waals surface area contributed by atoms with E-state index in [9.17, 15) is 21.6 Å². The van der Waals surface area contributed by atoms with Crippen LogP contribution in [0.4, 0.5) is 13.2 Å². The Morgan fingerprint density at radius 1 is 1.12 bits per heavy atom. The molecule has 0 aliphatic carbocycles. The molecule has 0 radical (unpaired) electrons. The van der Waals surface area contributed by atoms with E-state index < -0.39 is 21.8 Å². The second kappa shape index (κ2) is 6.99. The molecule has 0 amide bonds. The van der Waals surface area contributed by atoms with E-state index in [1.807, 2.05) is 13.8 Å². The Morgan fingerprint density at radius 2 is 1.67 bits per heavy atom. The highest BCUT2D eigenvalue weighted by Gasteiger charge is 2.34. The van der Waals surface area contributed by atoms with E-state index in [1.54, 1.807) is 0 Å². The first-order valence-corrected chi connectivity index (χ1v) is 9.10. The van der Waals surface area contributed by atoms with Crippen molar-refractivity contribution in [3.05, 3.63) is 29.8 Å². The average molecular weight is 367 g/mol. The van der Waals surface area contributed by atoms with Gasteiger partial charge in [0.05, 0.1) is 30.2 Å². The number of alkyl halides is 3. The largest absolute Gasteiger partial charge is 0.416 e. The number of sulfonamides is 1. The van der Waals surface area contributed by atoms with E-state index in [0.29, 0.717) is 13.2 Å². The highest BCUT2D eigenvalue weighted by molar-refractivity contribution is 7.89. The lowest BCUT2D eigenvalue weighted by molar-refractivity contribution is -0.954. The smallest absolute Gasteiger partial charge is 0.370 e. The molecule has 0 atom stereocenters. The van der Waals surface area contributed by atoms with Crippen molar-refractivity contribution in [3.63, 3.8) is 0 Å². The molecule has 1 aromatic rings. The predicted octanol–water partition coefficient (Wildman–Crippen LogP) is 0.677. The van der Waals surface area contributed by atoms with Crippen LogP contribution in [0.1, 0.15) is 19.4 Å². The first-order valence-electron chi connectivity index (χ1n) is 7.62. The molecule has 1 aromatic carbocycles. The number of hydrogen-bond acceptors (Lipinski definition) is 3. The van der Waals surface area contributed by atoms with E-state index in [2.05, 4.69) is 4.72 Å². The molecule has 0 aromatic heterocycles. The van der Waals surface area contributed by atoms with Gasteiger partial charge in [-0.1, -0.05) is 0 Å². The lowest BCUT2D eigenvalue weighted by Gasteiger charge is -2.37. The van der Waals surface area contributed by atoms with Crippen LogP contribution in [0, 0.1) is 0 Å². The molecular weight excluding hydrogens is 345 g/mol. The standard InChI is InChI=1S/C15H21F3N2O3S/c1-14(2,20-7-9-23-10-8-20)11-19-24(21,22)13-5-3-12(4-6-13)15(16,17)18/h3-6,19H,7-11H2,1-2H3/p+1. The summed E-state index contributed by atoms with van der Waals surface area (Å²) in [6.45, 7) is 6.91. The van der Waals surface area contributed by atoms with Gasteiger partial charge in [0.2, 0.25) is 10.0 Å². The monoisotopic (exact) mass is 367 g/mol. The van der Waals surface area contributed by atoms with Crippen LogP contribution in [0.5, 0.6) is 0 Å². The second-order valence-corrected chi connectivity index (χ2v) is 8.21. The number of benzene rings is 1. The summed E-state index contributed by atoms with van der Waals surface area (Å²) in [6, 6.07) is 3.49. The first-order chi connectivity index (χ1) is 11.0. The summed E-state index contributed by atoms with van der Waals surface area (Å²) < 4.78 is 70.0. The fourth-order valence-electron chi connectivity index (χ4n) is 2.60. The van der Waals surface area contributed by atoms with Gasteiger partial charge in [0.1, 0.15) is 18.6 Å². The number of ether oxygens (including phenoxy) is 1. The lowest BCUT2D eigenvalue weighted by atomic mass is 10.0. The van der Waals surface area contributed by atoms with Crippen LogP contribution in [0.2, 0.25) is 0 Å². The Hall–Kier alpha value is -1.16. The third kappa shape index (κ3) is 4.69. The average Bonchev–Trinajstić information content (AvgIpc) is 2.53. The molecule has 2 rings (SSSR count). The zero-order valence-corrected chi connectivity index (χ0v) is 14.4. The highest BCUT2D eigenvalue weighted by atomic mass is 32.2. The molecule has 9 heteroatoms. The number of halogens is 3. The van der Waals surface area contributed by atoms with Gasteiger partial charge < -0.3 is 9.64 Å². The molecule has 0 bridgehead atoms. The van der Waals surface area contributed by atoms with E-state index in [4.69, 9.17) is 4.74 Å². The first kappa shape index (κ1) is 19.2. The summed E-state index contributed by atoms with van der Waals surface area (Å²) >= 11 is 0. The molecular formula is C15H22F3N2O3S+. The fourth-order valence-corrected chi connectivity index (χ4v) is 3.81. The van der Waals surface area contributed by atoms with Crippen molar-refractivity contribution in [1.29, 1.82) is 0 Å². The predicted molar refractivity (Wildman–Crippen MR) is 82.2 cm³/mol. The Morgan fingerprint density at radius 3 is 2.17 bits per heavy atom. The number of rotatable bonds is 5. The van der Waals surface area contributed by atoms with Gasteiger partial charge in [-0.05, 0) is 38.1 Å². The zero-order valence-electron chi connectivity index (χ0n) is 13.6. The maximum atomic E-state index is 12.5. The normalized spacial score (nSPS) is 17.9. The molecule has 24 heavy (non-hydrogen) atoms. The molecule has 0 unspecified atom stereocenters. The Labute approximate surface area is 139 Å². The van der Waals surface area contributed by atoms with Gasteiger partial charge in [-0.25, -0.2) is 13.1 Å². The maximum absolute atomic E-state index is 12.5. The van der Waals surface area contributed by atoms with Crippen LogP contribution < -0.4 is 9.62 Å². The van der Waals surface area contributed by atoms with Gasteiger partial charge in [0.25, 0.3) is 0 Å². The quantitative estimate of drug-likeness (QED) is 0.805. The Balaban J connectivity index is 2.05. The van der Waals surface area contributed by atoms with Crippen LogP contribution in [0.15, 0.2) is 29.2 Å². The van der Waals surface area contributed by atoms with Crippen LogP contribution in [0.3, 0.4) is 0 Å². The Kier molecular flexibility index (Phi) is 5.58. The minimum absolute atomic E-state index is 0.178. The summed E-state index contributed by atoms with van der Waals surface area (Å²) in [5, 5.41) is 0. The molecule has 1 heterocycles. The van der Waals surface area contributed by atoms with Crippen molar-refractivity contribution >= 4 is 10.0 Å². The van der Waals surface area contributed by atoms with Crippen molar-refractivity contribution < 1.29 is 31.2 Å². The third-order valence-electron chi connectivity index (χ3n) is 4.25. The third-order valence-corrected chi connectivity index (χ3v) is 5.67. The molecule has 1 aliphatic rings. The molecule has 0 saturated carbocycles. The summed E-state index contributed by atoms with van der Waals surface area (Å²) in [5.41, 5.74) is -1.22. The van der Waals surface area contributed by atoms with Crippen molar-refractivity contribution in [2.75, 3.05) is 32.8 Å². The molecule has 2 N–H and O–H groups in total. The van der Waals surface area contributed by atoms with Crippen molar-refractivity contribution in [2.45, 2.75) is 30.5 Å². The summed E-state index contributed by atoms with van der Waals surface area (Å²) in [4.78, 5) is 1.05. The SMILES string of the molecule is CC(C)(CNS(=O)(=O)c1ccc(C(F)(F)F)cc1)[NH+]1CCOCC1. The second-order valence-electron chi connectivity index (χ2n) is 6.45. The minimum atomic E-state index is -4.49. The van der Waals surface area contributed by atoms with Crippen molar-refractivity contribution in [2.24, 2.45) is 0 Å². The number of hydrogen-bond donors (Lipinski definition) is 2. The highest BCUT2D eigenvalue weighted by Crippen LogP contribution is 2.29. The van der Waals surface area contributed by atoms with E-state index in [1.165, 1.54) is 4.90 Å². The molecule has 5 nitrogen and oxygen atoms in total. The summed E-state index contributed by atoms with van der Waals surface area (Å²) in [7, 11) is -3.86. The van der Waals surface area contributed by atoms with E-state index >= 15 is 0 Å². The lowest BCUT2D eigenvalue weighted by Crippen LogP contribution is -3.22. The molecule has 1 fully saturated rings. The van der Waals surface area contributed by atoms with Crippen LogP contribution in [-0.4, -0.2) is 46.8 Å². The topological polar surface area (TPSA) is 59.8 Å². The number of morpholine rings is 1. The van der Waals surface area contributed by atoms with Gasteiger partial charge in [-0.15, -0.1) is 0 Å². The Bertz CT molecular complexity index is 652. The molecule has 0 spiro atoms. The maximum Gasteiger partial charge on any atom is 0.416 e. The minimum Gasteiger partial charge on any atom is -0.370 e. The molecule has 136 valence electrons. The van der Waals surface area contributed by atoms with Gasteiger partial charge in [0.15, 0.2) is 0 Å². The van der Waals surface area contributed by atoms with Crippen LogP contribution in [-0.2, 0) is 20.9 Å². The number of nitrogens with one attached hydrogen (secondary N) is 2. The van der Waals surface area contributed by atoms with Crippen LogP contribution >= 0.6 is 0 Å². The van der Waals surface area contributed by atoms with Gasteiger partial charge in [-0.3, -0.25) is 0 Å². The van der Waals surface area contributed by atoms with E-state index in [0.717, 1.165) is 37.4 Å². The molecule has 1 aliphatic heterocycles. The van der Waals surface area contributed by atoms with Gasteiger partial charge in [0, 0.05) is 0 Å². The summed E-state index contributed by atoms with van der Waals surface area (Å²) in [6.07, 6.45) is -4.49. The van der Waals surface area contributed by atoms with Gasteiger partial charge in [-0.2, -0.15) is 13.2 Å². The summed E-state index contributed by atoms with van der Waals surface area (Å²) in [5.74, 6) is 0. The van der Waals surface area contributed by atoms with E-state index in [-0.39, 0.29) is 17.0 Å².